The maximum absolute atomic E-state index is 10.6. The maximum atomic E-state index is 10.6. The van der Waals surface area contributed by atoms with Gasteiger partial charge in [-0.3, -0.25) is 4.79 Å². The highest BCUT2D eigenvalue weighted by Gasteiger charge is 2.10. The molecule has 19 heavy (non-hydrogen) atoms. The van der Waals surface area contributed by atoms with E-state index in [1.54, 1.807) is 0 Å². The van der Waals surface area contributed by atoms with E-state index in [2.05, 4.69) is 6.92 Å². The van der Waals surface area contributed by atoms with Crippen LogP contribution in [-0.4, -0.2) is 50.7 Å². The highest BCUT2D eigenvalue weighted by atomic mass is 16.6. The molecule has 3 atom stereocenters. The van der Waals surface area contributed by atoms with Gasteiger partial charge < -0.3 is 18.9 Å². The molecule has 0 saturated carbocycles. The smallest absolute Gasteiger partial charge is 0.302 e. The van der Waals surface area contributed by atoms with Crippen molar-refractivity contribution in [2.75, 3.05) is 26.4 Å². The van der Waals surface area contributed by atoms with E-state index in [1.807, 2.05) is 20.8 Å². The summed E-state index contributed by atoms with van der Waals surface area (Å²) in [5, 5.41) is 0. The molecule has 5 heteroatoms. The van der Waals surface area contributed by atoms with E-state index in [0.29, 0.717) is 13.2 Å². The summed E-state index contributed by atoms with van der Waals surface area (Å²) < 4.78 is 21.5. The summed E-state index contributed by atoms with van der Waals surface area (Å²) in [6.45, 7) is 11.3. The molecule has 0 fully saturated rings. The molecule has 5 nitrogen and oxygen atoms in total. The molecule has 0 aliphatic carbocycles. The van der Waals surface area contributed by atoms with Crippen LogP contribution >= 0.6 is 0 Å². The third-order valence-corrected chi connectivity index (χ3v) is 2.36. The zero-order valence-corrected chi connectivity index (χ0v) is 12.8. The lowest BCUT2D eigenvalue weighted by Crippen LogP contribution is -2.27. The Morgan fingerprint density at radius 2 is 1.37 bits per heavy atom. The van der Waals surface area contributed by atoms with Gasteiger partial charge in [0.15, 0.2) is 0 Å². The van der Waals surface area contributed by atoms with Crippen LogP contribution in [0.2, 0.25) is 0 Å². The molecule has 3 unspecified atom stereocenters. The molecule has 0 spiro atoms. The first kappa shape index (κ1) is 18.4. The fourth-order valence-corrected chi connectivity index (χ4v) is 1.30. The molecule has 114 valence electrons. The minimum atomic E-state index is -0.290. The predicted octanol–water partition coefficient (Wildman–Crippen LogP) is 2.17. The second-order valence-electron chi connectivity index (χ2n) is 4.77. The lowest BCUT2D eigenvalue weighted by molar-refractivity contribution is -0.146. The lowest BCUT2D eigenvalue weighted by Gasteiger charge is -2.19. The maximum Gasteiger partial charge on any atom is 0.302 e. The van der Waals surface area contributed by atoms with Crippen molar-refractivity contribution in [3.05, 3.63) is 0 Å². The standard InChI is InChI=1S/C14H28O5/c1-6-7-16-11(2)8-17-12(3)9-18-13(4)10-19-14(5)15/h11-13H,6-10H2,1-5H3. The Hall–Kier alpha value is -0.650. The molecule has 0 amide bonds. The summed E-state index contributed by atoms with van der Waals surface area (Å²) in [5.74, 6) is -0.290. The molecule has 0 saturated heterocycles. The molecule has 0 aromatic carbocycles. The fraction of sp³-hybridized carbons (Fsp3) is 0.929. The van der Waals surface area contributed by atoms with Crippen LogP contribution in [0.1, 0.15) is 41.0 Å². The average molecular weight is 276 g/mol. The molecule has 0 radical (unpaired) electrons. The van der Waals surface area contributed by atoms with E-state index < -0.39 is 0 Å². The van der Waals surface area contributed by atoms with Crippen LogP contribution in [0.5, 0.6) is 0 Å². The topological polar surface area (TPSA) is 54.0 Å². The van der Waals surface area contributed by atoms with Crippen molar-refractivity contribution in [2.45, 2.75) is 59.4 Å². The summed E-state index contributed by atoms with van der Waals surface area (Å²) in [6, 6.07) is 0. The largest absolute Gasteiger partial charge is 0.463 e. The van der Waals surface area contributed by atoms with Gasteiger partial charge in [0.1, 0.15) is 6.61 Å². The Balaban J connectivity index is 3.57. The first-order valence-electron chi connectivity index (χ1n) is 6.93. The van der Waals surface area contributed by atoms with E-state index in [0.717, 1.165) is 13.0 Å². The van der Waals surface area contributed by atoms with Gasteiger partial charge in [0, 0.05) is 13.5 Å². The van der Waals surface area contributed by atoms with Gasteiger partial charge >= 0.3 is 5.97 Å². The Morgan fingerprint density at radius 3 is 1.84 bits per heavy atom. The summed E-state index contributed by atoms with van der Waals surface area (Å²) in [4.78, 5) is 10.6. The number of carbonyl (C=O) groups excluding carboxylic acids is 1. The van der Waals surface area contributed by atoms with Crippen LogP contribution in [-0.2, 0) is 23.7 Å². The molecule has 0 aromatic rings. The van der Waals surface area contributed by atoms with Gasteiger partial charge in [-0.1, -0.05) is 6.92 Å². The van der Waals surface area contributed by atoms with Crippen molar-refractivity contribution < 1.29 is 23.7 Å². The van der Waals surface area contributed by atoms with E-state index in [-0.39, 0.29) is 30.9 Å². The Kier molecular flexibility index (Phi) is 10.8. The zero-order chi connectivity index (χ0) is 14.7. The van der Waals surface area contributed by atoms with Crippen molar-refractivity contribution in [1.29, 1.82) is 0 Å². The molecular formula is C14H28O5. The average Bonchev–Trinajstić information content (AvgIpc) is 2.37. The molecule has 0 aromatic heterocycles. The highest BCUT2D eigenvalue weighted by Crippen LogP contribution is 2.01. The minimum Gasteiger partial charge on any atom is -0.463 e. The van der Waals surface area contributed by atoms with Crippen molar-refractivity contribution in [1.82, 2.24) is 0 Å². The molecule has 0 aliphatic heterocycles. The first-order chi connectivity index (χ1) is 8.95. The van der Waals surface area contributed by atoms with E-state index in [4.69, 9.17) is 18.9 Å². The van der Waals surface area contributed by atoms with Crippen LogP contribution in [0.4, 0.5) is 0 Å². The molecule has 0 bridgehead atoms. The number of hydrogen-bond acceptors (Lipinski definition) is 5. The van der Waals surface area contributed by atoms with E-state index in [1.165, 1.54) is 6.92 Å². The minimum absolute atomic E-state index is 0.00699. The van der Waals surface area contributed by atoms with Crippen LogP contribution in [0, 0.1) is 0 Å². The van der Waals surface area contributed by atoms with Gasteiger partial charge in [-0.2, -0.15) is 0 Å². The van der Waals surface area contributed by atoms with Crippen LogP contribution in [0.3, 0.4) is 0 Å². The van der Waals surface area contributed by atoms with Crippen molar-refractivity contribution >= 4 is 5.97 Å². The molecular weight excluding hydrogens is 248 g/mol. The number of hydrogen-bond donors (Lipinski definition) is 0. The summed E-state index contributed by atoms with van der Waals surface area (Å²) in [6.07, 6.45) is 0.980. The number of rotatable bonds is 11. The van der Waals surface area contributed by atoms with Gasteiger partial charge in [-0.25, -0.2) is 0 Å². The van der Waals surface area contributed by atoms with Crippen LogP contribution < -0.4 is 0 Å². The van der Waals surface area contributed by atoms with Crippen molar-refractivity contribution in [3.63, 3.8) is 0 Å². The normalized spacial score (nSPS) is 15.8. The summed E-state index contributed by atoms with van der Waals surface area (Å²) in [7, 11) is 0. The van der Waals surface area contributed by atoms with E-state index >= 15 is 0 Å². The Labute approximate surface area is 116 Å². The number of esters is 1. The van der Waals surface area contributed by atoms with Crippen molar-refractivity contribution in [2.24, 2.45) is 0 Å². The molecule has 0 N–H and O–H groups in total. The highest BCUT2D eigenvalue weighted by molar-refractivity contribution is 5.65. The molecule has 0 rings (SSSR count). The molecule has 0 aliphatic rings. The number of carbonyl (C=O) groups is 1. The number of ether oxygens (including phenoxy) is 4. The van der Waals surface area contributed by atoms with Crippen LogP contribution in [0.15, 0.2) is 0 Å². The predicted molar refractivity (Wildman–Crippen MR) is 73.2 cm³/mol. The van der Waals surface area contributed by atoms with Crippen LogP contribution in [0.25, 0.3) is 0 Å². The summed E-state index contributed by atoms with van der Waals surface area (Å²) in [5.41, 5.74) is 0. The van der Waals surface area contributed by atoms with Gasteiger partial charge in [-0.05, 0) is 27.2 Å². The van der Waals surface area contributed by atoms with E-state index in [9.17, 15) is 4.79 Å². The third kappa shape index (κ3) is 12.1. The van der Waals surface area contributed by atoms with Gasteiger partial charge in [0.05, 0.1) is 31.5 Å². The third-order valence-electron chi connectivity index (χ3n) is 2.36. The van der Waals surface area contributed by atoms with Crippen molar-refractivity contribution in [3.8, 4) is 0 Å². The fourth-order valence-electron chi connectivity index (χ4n) is 1.30. The lowest BCUT2D eigenvalue weighted by atomic mass is 10.4. The monoisotopic (exact) mass is 276 g/mol. The van der Waals surface area contributed by atoms with Gasteiger partial charge in [-0.15, -0.1) is 0 Å². The quantitative estimate of drug-likeness (QED) is 0.541. The summed E-state index contributed by atoms with van der Waals surface area (Å²) >= 11 is 0. The second-order valence-corrected chi connectivity index (χ2v) is 4.77. The Bertz CT molecular complexity index is 232. The van der Waals surface area contributed by atoms with Gasteiger partial charge in [0.2, 0.25) is 0 Å². The Morgan fingerprint density at radius 1 is 0.895 bits per heavy atom. The zero-order valence-electron chi connectivity index (χ0n) is 12.8. The first-order valence-corrected chi connectivity index (χ1v) is 6.93. The van der Waals surface area contributed by atoms with Gasteiger partial charge in [0.25, 0.3) is 0 Å². The SMILES string of the molecule is CCCOC(C)COC(C)COC(C)COC(C)=O. The second kappa shape index (κ2) is 11.2. The molecule has 0 heterocycles.